The van der Waals surface area contributed by atoms with Crippen molar-refractivity contribution in [2.75, 3.05) is 18.7 Å². The first kappa shape index (κ1) is 22.5. The summed E-state index contributed by atoms with van der Waals surface area (Å²) in [6, 6.07) is 14.9. The summed E-state index contributed by atoms with van der Waals surface area (Å²) in [5.74, 6) is -2.39. The van der Waals surface area contributed by atoms with E-state index in [9.17, 15) is 23.5 Å². The first-order valence-electron chi connectivity index (χ1n) is 11.0. The minimum Gasteiger partial charge on any atom is -0.507 e. The molecule has 2 aliphatic rings. The molecule has 178 valence electrons. The van der Waals surface area contributed by atoms with Crippen LogP contribution in [0.1, 0.15) is 11.1 Å². The molecule has 3 aromatic rings. The molecule has 2 unspecified atom stereocenters. The van der Waals surface area contributed by atoms with E-state index in [-0.39, 0.29) is 23.8 Å². The third kappa shape index (κ3) is 3.99. The molecule has 1 saturated heterocycles. The van der Waals surface area contributed by atoms with Crippen molar-refractivity contribution in [2.45, 2.75) is 12.5 Å². The average Bonchev–Trinajstić information content (AvgIpc) is 3.36. The number of hydrazone groups is 1. The highest BCUT2D eigenvalue weighted by atomic mass is 19.1. The van der Waals surface area contributed by atoms with Crippen molar-refractivity contribution in [3.8, 4) is 11.5 Å². The van der Waals surface area contributed by atoms with Gasteiger partial charge in [0.2, 0.25) is 5.91 Å². The minimum atomic E-state index is -0.974. The molecule has 35 heavy (non-hydrogen) atoms. The van der Waals surface area contributed by atoms with Crippen molar-refractivity contribution in [1.82, 2.24) is 4.90 Å². The highest BCUT2D eigenvalue weighted by molar-refractivity contribution is 6.26. The second-order valence-electron chi connectivity index (χ2n) is 8.32. The zero-order valence-electron chi connectivity index (χ0n) is 18.7. The number of carbonyl (C=O) groups is 2. The number of carbonyl (C=O) groups excluding carboxylic acids is 2. The van der Waals surface area contributed by atoms with Crippen LogP contribution in [0.4, 0.5) is 14.5 Å². The summed E-state index contributed by atoms with van der Waals surface area (Å²) in [6.45, 7) is 0.107. The maximum absolute atomic E-state index is 13.5. The first-order chi connectivity index (χ1) is 16.9. The number of halogens is 2. The Labute approximate surface area is 199 Å². The molecule has 5 rings (SSSR count). The lowest BCUT2D eigenvalue weighted by atomic mass is 9.92. The number of phenols is 1. The number of phenolic OH excluding ortho intramolecular Hbond substituents is 1. The molecule has 7 nitrogen and oxygen atoms in total. The van der Waals surface area contributed by atoms with Gasteiger partial charge >= 0.3 is 0 Å². The number of rotatable bonds is 6. The van der Waals surface area contributed by atoms with Crippen molar-refractivity contribution in [2.24, 2.45) is 11.0 Å². The van der Waals surface area contributed by atoms with E-state index in [2.05, 4.69) is 5.10 Å². The van der Waals surface area contributed by atoms with Gasteiger partial charge in [0.25, 0.3) is 5.91 Å². The van der Waals surface area contributed by atoms with Crippen LogP contribution in [-0.4, -0.2) is 47.2 Å². The molecule has 0 radical (unpaired) electrons. The number of fused-ring (bicyclic) bond motifs is 1. The van der Waals surface area contributed by atoms with Crippen LogP contribution in [-0.2, 0) is 16.0 Å². The molecule has 0 spiro atoms. The number of ether oxygens (including phenoxy) is 1. The molecule has 0 bridgehead atoms. The molecule has 2 aliphatic heterocycles. The van der Waals surface area contributed by atoms with Gasteiger partial charge in [0.15, 0.2) is 0 Å². The highest BCUT2D eigenvalue weighted by Crippen LogP contribution is 2.39. The topological polar surface area (TPSA) is 82.4 Å². The zero-order valence-corrected chi connectivity index (χ0v) is 18.7. The van der Waals surface area contributed by atoms with Gasteiger partial charge in [-0.1, -0.05) is 12.1 Å². The van der Waals surface area contributed by atoms with Gasteiger partial charge < -0.3 is 9.84 Å². The molecular weight excluding hydrogens is 456 g/mol. The lowest BCUT2D eigenvalue weighted by Crippen LogP contribution is -2.39. The van der Waals surface area contributed by atoms with E-state index < -0.39 is 29.6 Å². The summed E-state index contributed by atoms with van der Waals surface area (Å²) >= 11 is 0. The standard InChI is InChI=1S/C26H21F2N3O4/c1-35-19-10-11-20(21(32)14-19)23-22-24(31(29-23)18-8-6-17(28)7-9-18)26(34)30(25(22)33)13-12-15-2-4-16(27)5-3-15/h2-11,14,22,24,32H,12-13H2,1H3. The van der Waals surface area contributed by atoms with E-state index in [1.807, 2.05) is 0 Å². The van der Waals surface area contributed by atoms with Gasteiger partial charge in [-0.15, -0.1) is 0 Å². The Morgan fingerprint density at radius 2 is 1.60 bits per heavy atom. The van der Waals surface area contributed by atoms with Crippen LogP contribution < -0.4 is 9.75 Å². The van der Waals surface area contributed by atoms with Crippen molar-refractivity contribution < 1.29 is 28.2 Å². The summed E-state index contributed by atoms with van der Waals surface area (Å²) < 4.78 is 31.9. The van der Waals surface area contributed by atoms with E-state index in [0.29, 0.717) is 23.4 Å². The number of anilines is 1. The van der Waals surface area contributed by atoms with E-state index in [1.54, 1.807) is 24.3 Å². The molecule has 3 aromatic carbocycles. The lowest BCUT2D eigenvalue weighted by Gasteiger charge is -2.22. The largest absolute Gasteiger partial charge is 0.507 e. The number of likely N-dealkylation sites (tertiary alicyclic amines) is 1. The maximum Gasteiger partial charge on any atom is 0.255 e. The second kappa shape index (κ2) is 8.83. The zero-order chi connectivity index (χ0) is 24.7. The molecule has 2 heterocycles. The van der Waals surface area contributed by atoms with Gasteiger partial charge in [-0.05, 0) is 60.5 Å². The van der Waals surface area contributed by atoms with E-state index in [1.165, 1.54) is 59.5 Å². The summed E-state index contributed by atoms with van der Waals surface area (Å²) in [6.07, 6.45) is 0.355. The Balaban J connectivity index is 1.51. The first-order valence-corrected chi connectivity index (χ1v) is 11.0. The third-order valence-corrected chi connectivity index (χ3v) is 6.25. The van der Waals surface area contributed by atoms with Crippen molar-refractivity contribution in [3.63, 3.8) is 0 Å². The summed E-state index contributed by atoms with van der Waals surface area (Å²) in [5.41, 5.74) is 1.75. The minimum absolute atomic E-state index is 0.107. The van der Waals surface area contributed by atoms with E-state index >= 15 is 0 Å². The average molecular weight is 477 g/mol. The predicted octanol–water partition coefficient (Wildman–Crippen LogP) is 3.50. The number of aromatic hydroxyl groups is 1. The van der Waals surface area contributed by atoms with Crippen LogP contribution in [0.3, 0.4) is 0 Å². The molecule has 9 heteroatoms. The molecule has 0 saturated carbocycles. The quantitative estimate of drug-likeness (QED) is 0.550. The van der Waals surface area contributed by atoms with Crippen LogP contribution >= 0.6 is 0 Å². The number of benzene rings is 3. The van der Waals surface area contributed by atoms with Gasteiger partial charge in [0.1, 0.15) is 35.1 Å². The van der Waals surface area contributed by atoms with Crippen LogP contribution in [0.25, 0.3) is 0 Å². The molecular formula is C26H21F2N3O4. The van der Waals surface area contributed by atoms with Gasteiger partial charge in [-0.2, -0.15) is 5.10 Å². The molecule has 0 aliphatic carbocycles. The third-order valence-electron chi connectivity index (χ3n) is 6.25. The van der Waals surface area contributed by atoms with Gasteiger partial charge in [0, 0.05) is 18.2 Å². The SMILES string of the molecule is COc1ccc(C2=NN(c3ccc(F)cc3)C3C(=O)N(CCc4ccc(F)cc4)C(=O)C23)c(O)c1. The number of hydrogen-bond donors (Lipinski definition) is 1. The molecule has 2 atom stereocenters. The monoisotopic (exact) mass is 477 g/mol. The summed E-state index contributed by atoms with van der Waals surface area (Å²) in [5, 5.41) is 16.6. The normalized spacial score (nSPS) is 19.2. The Hall–Kier alpha value is -4.27. The molecule has 1 N–H and O–H groups in total. The Morgan fingerprint density at radius 3 is 2.23 bits per heavy atom. The van der Waals surface area contributed by atoms with Gasteiger partial charge in [-0.25, -0.2) is 8.78 Å². The van der Waals surface area contributed by atoms with Gasteiger partial charge in [0.05, 0.1) is 18.5 Å². The fourth-order valence-electron chi connectivity index (χ4n) is 4.47. The van der Waals surface area contributed by atoms with Crippen molar-refractivity contribution >= 4 is 23.2 Å². The van der Waals surface area contributed by atoms with Crippen LogP contribution in [0.5, 0.6) is 11.5 Å². The van der Waals surface area contributed by atoms with Crippen LogP contribution in [0, 0.1) is 17.6 Å². The van der Waals surface area contributed by atoms with Crippen molar-refractivity contribution in [1.29, 1.82) is 0 Å². The number of amides is 2. The van der Waals surface area contributed by atoms with Crippen LogP contribution in [0.2, 0.25) is 0 Å². The van der Waals surface area contributed by atoms with E-state index in [0.717, 1.165) is 5.56 Å². The van der Waals surface area contributed by atoms with E-state index in [4.69, 9.17) is 4.74 Å². The summed E-state index contributed by atoms with van der Waals surface area (Å²) in [7, 11) is 1.46. The number of hydrogen-bond acceptors (Lipinski definition) is 6. The smallest absolute Gasteiger partial charge is 0.255 e. The highest BCUT2D eigenvalue weighted by Gasteiger charge is 2.57. The molecule has 1 fully saturated rings. The number of methoxy groups -OCH3 is 1. The molecule has 2 amide bonds. The Morgan fingerprint density at radius 1 is 0.943 bits per heavy atom. The van der Waals surface area contributed by atoms with Crippen molar-refractivity contribution in [3.05, 3.63) is 89.5 Å². The fraction of sp³-hybridized carbons (Fsp3) is 0.192. The van der Waals surface area contributed by atoms with Gasteiger partial charge in [-0.3, -0.25) is 19.5 Å². The number of nitrogens with zero attached hydrogens (tertiary/aromatic N) is 3. The van der Waals surface area contributed by atoms with Crippen LogP contribution in [0.15, 0.2) is 71.8 Å². The maximum atomic E-state index is 13.5. The fourth-order valence-corrected chi connectivity index (χ4v) is 4.47. The number of imide groups is 1. The predicted molar refractivity (Wildman–Crippen MR) is 124 cm³/mol. The second-order valence-corrected chi connectivity index (χ2v) is 8.32. The lowest BCUT2D eigenvalue weighted by molar-refractivity contribution is -0.139. The summed E-state index contributed by atoms with van der Waals surface area (Å²) in [4.78, 5) is 28.1. The Kier molecular flexibility index (Phi) is 5.68. The Bertz CT molecular complexity index is 1330. The molecule has 0 aromatic heterocycles.